The number of carbonyl (C=O) groups excluding carboxylic acids is 1. The lowest BCUT2D eigenvalue weighted by molar-refractivity contribution is -0.122. The average molecular weight is 415 g/mol. The van der Waals surface area contributed by atoms with E-state index >= 15 is 0 Å². The first-order chi connectivity index (χ1) is 14.0. The number of amides is 1. The van der Waals surface area contributed by atoms with Crippen molar-refractivity contribution in [2.75, 3.05) is 29.9 Å². The number of sulfonamides is 1. The van der Waals surface area contributed by atoms with Crippen LogP contribution in [0.4, 0.5) is 11.4 Å². The molecule has 2 aliphatic rings. The zero-order valence-corrected chi connectivity index (χ0v) is 17.4. The molecule has 0 atom stereocenters. The van der Waals surface area contributed by atoms with Gasteiger partial charge in [0.25, 0.3) is 15.9 Å². The highest BCUT2D eigenvalue weighted by molar-refractivity contribution is 7.92. The number of benzene rings is 2. The molecular formula is C22H26N2O4S. The monoisotopic (exact) mass is 414 g/mol. The van der Waals surface area contributed by atoms with Crippen molar-refractivity contribution >= 4 is 27.3 Å². The Balaban J connectivity index is 1.61. The molecule has 0 unspecified atom stereocenters. The molecule has 29 heavy (non-hydrogen) atoms. The predicted molar refractivity (Wildman–Crippen MR) is 113 cm³/mol. The summed E-state index contributed by atoms with van der Waals surface area (Å²) in [5, 5.41) is 0. The highest BCUT2D eigenvalue weighted by Gasteiger charge is 2.24. The van der Waals surface area contributed by atoms with E-state index in [-0.39, 0.29) is 17.4 Å². The van der Waals surface area contributed by atoms with Crippen LogP contribution in [-0.4, -0.2) is 34.6 Å². The third-order valence-electron chi connectivity index (χ3n) is 5.66. The molecule has 6 nitrogen and oxygen atoms in total. The minimum atomic E-state index is -3.70. The Morgan fingerprint density at radius 3 is 2.52 bits per heavy atom. The van der Waals surface area contributed by atoms with Gasteiger partial charge in [-0.25, -0.2) is 8.42 Å². The van der Waals surface area contributed by atoms with Crippen LogP contribution < -0.4 is 9.62 Å². The van der Waals surface area contributed by atoms with Crippen LogP contribution in [0.15, 0.2) is 41.3 Å². The third-order valence-corrected chi connectivity index (χ3v) is 7.03. The number of aryl methyl sites for hydroxylation is 3. The Morgan fingerprint density at radius 1 is 1.00 bits per heavy atom. The molecular weight excluding hydrogens is 388 g/mol. The summed E-state index contributed by atoms with van der Waals surface area (Å²) < 4.78 is 33.6. The topological polar surface area (TPSA) is 75.7 Å². The van der Waals surface area contributed by atoms with Gasteiger partial charge in [-0.15, -0.1) is 0 Å². The van der Waals surface area contributed by atoms with Crippen molar-refractivity contribution in [3.63, 3.8) is 0 Å². The number of nitrogens with one attached hydrogen (secondary N) is 1. The maximum atomic E-state index is 13.0. The predicted octanol–water partition coefficient (Wildman–Crippen LogP) is 3.29. The first kappa shape index (κ1) is 19.9. The van der Waals surface area contributed by atoms with E-state index in [9.17, 15) is 13.2 Å². The molecule has 0 saturated heterocycles. The Morgan fingerprint density at radius 2 is 1.72 bits per heavy atom. The minimum absolute atomic E-state index is 0.00448. The molecule has 154 valence electrons. The van der Waals surface area contributed by atoms with E-state index in [2.05, 4.69) is 4.72 Å². The van der Waals surface area contributed by atoms with E-state index in [0.717, 1.165) is 55.3 Å². The van der Waals surface area contributed by atoms with E-state index in [1.54, 1.807) is 29.2 Å². The molecule has 4 rings (SSSR count). The number of nitrogens with zero attached hydrogens (tertiary/aromatic N) is 1. The van der Waals surface area contributed by atoms with E-state index in [1.165, 1.54) is 12.7 Å². The Labute approximate surface area is 171 Å². The summed E-state index contributed by atoms with van der Waals surface area (Å²) in [7, 11) is -2.21. The second-order valence-corrected chi connectivity index (χ2v) is 9.35. The SMILES string of the molecule is COCC(=O)N1CCCc2ccc(NS(=O)(=O)c3ccc4c(c3)CCCC4)cc21. The van der Waals surface area contributed by atoms with Gasteiger partial charge >= 0.3 is 0 Å². The summed E-state index contributed by atoms with van der Waals surface area (Å²) >= 11 is 0. The minimum Gasteiger partial charge on any atom is -0.375 e. The van der Waals surface area contributed by atoms with Crippen LogP contribution in [0, 0.1) is 0 Å². The van der Waals surface area contributed by atoms with Crippen molar-refractivity contribution in [1.29, 1.82) is 0 Å². The molecule has 1 amide bonds. The summed E-state index contributed by atoms with van der Waals surface area (Å²) in [6.07, 6.45) is 5.94. The van der Waals surface area contributed by atoms with Gasteiger partial charge in [0.2, 0.25) is 0 Å². The number of ether oxygens (including phenoxy) is 1. The number of hydrogen-bond acceptors (Lipinski definition) is 4. The molecule has 0 bridgehead atoms. The van der Waals surface area contributed by atoms with Crippen molar-refractivity contribution in [2.24, 2.45) is 0 Å². The smallest absolute Gasteiger partial charge is 0.261 e. The summed E-state index contributed by atoms with van der Waals surface area (Å²) in [5.74, 6) is -0.122. The van der Waals surface area contributed by atoms with Gasteiger partial charge in [-0.2, -0.15) is 0 Å². The van der Waals surface area contributed by atoms with Gasteiger partial charge in [0.15, 0.2) is 0 Å². The van der Waals surface area contributed by atoms with Crippen LogP contribution in [0.25, 0.3) is 0 Å². The fraction of sp³-hybridized carbons (Fsp3) is 0.409. The van der Waals surface area contributed by atoms with Gasteiger partial charge in [0.1, 0.15) is 6.61 Å². The first-order valence-corrected chi connectivity index (χ1v) is 11.5. The standard InChI is InChI=1S/C22H26N2O4S/c1-28-15-22(25)24-12-4-7-17-8-10-19(14-21(17)24)23-29(26,27)20-11-9-16-5-2-3-6-18(16)13-20/h8-11,13-14,23H,2-7,12,15H2,1H3. The maximum Gasteiger partial charge on any atom is 0.261 e. The number of fused-ring (bicyclic) bond motifs is 2. The van der Waals surface area contributed by atoms with Crippen LogP contribution in [0.1, 0.15) is 36.0 Å². The number of methoxy groups -OCH3 is 1. The molecule has 7 heteroatoms. The lowest BCUT2D eigenvalue weighted by Gasteiger charge is -2.30. The summed E-state index contributed by atoms with van der Waals surface area (Å²) in [6, 6.07) is 10.8. The Kier molecular flexibility index (Phi) is 5.61. The maximum absolute atomic E-state index is 13.0. The Bertz CT molecular complexity index is 1030. The van der Waals surface area contributed by atoms with Crippen molar-refractivity contribution in [1.82, 2.24) is 0 Å². The first-order valence-electron chi connectivity index (χ1n) is 10.0. The number of anilines is 2. The lowest BCUT2D eigenvalue weighted by Crippen LogP contribution is -2.37. The zero-order chi connectivity index (χ0) is 20.4. The Hall–Kier alpha value is -2.38. The number of rotatable bonds is 5. The number of hydrogen-bond donors (Lipinski definition) is 1. The van der Waals surface area contributed by atoms with Crippen LogP contribution in [-0.2, 0) is 38.8 Å². The molecule has 1 heterocycles. The summed E-state index contributed by atoms with van der Waals surface area (Å²) in [4.78, 5) is 14.3. The zero-order valence-electron chi connectivity index (χ0n) is 16.6. The van der Waals surface area contributed by atoms with Gasteiger partial charge in [-0.05, 0) is 79.5 Å². The van der Waals surface area contributed by atoms with Crippen molar-refractivity contribution in [3.05, 3.63) is 53.1 Å². The van der Waals surface area contributed by atoms with Gasteiger partial charge in [0, 0.05) is 19.3 Å². The second kappa shape index (κ2) is 8.16. The molecule has 0 spiro atoms. The van der Waals surface area contributed by atoms with E-state index in [4.69, 9.17) is 4.74 Å². The molecule has 1 aliphatic carbocycles. The largest absolute Gasteiger partial charge is 0.375 e. The molecule has 2 aromatic rings. The van der Waals surface area contributed by atoms with E-state index < -0.39 is 10.0 Å². The summed E-state index contributed by atoms with van der Waals surface area (Å²) in [6.45, 7) is 0.612. The van der Waals surface area contributed by atoms with Gasteiger partial charge in [-0.3, -0.25) is 9.52 Å². The fourth-order valence-electron chi connectivity index (χ4n) is 4.19. The molecule has 2 aromatic carbocycles. The van der Waals surface area contributed by atoms with Crippen molar-refractivity contribution in [2.45, 2.75) is 43.4 Å². The average Bonchev–Trinajstić information content (AvgIpc) is 2.72. The normalized spacial score (nSPS) is 16.1. The highest BCUT2D eigenvalue weighted by Crippen LogP contribution is 2.31. The molecule has 0 saturated carbocycles. The van der Waals surface area contributed by atoms with E-state index in [1.807, 2.05) is 12.1 Å². The highest BCUT2D eigenvalue weighted by atomic mass is 32.2. The molecule has 1 N–H and O–H groups in total. The van der Waals surface area contributed by atoms with Crippen LogP contribution in [0.3, 0.4) is 0 Å². The fourth-order valence-corrected chi connectivity index (χ4v) is 5.29. The number of carbonyl (C=O) groups is 1. The van der Waals surface area contributed by atoms with Crippen LogP contribution >= 0.6 is 0 Å². The lowest BCUT2D eigenvalue weighted by atomic mass is 9.92. The van der Waals surface area contributed by atoms with Crippen LogP contribution in [0.5, 0.6) is 0 Å². The van der Waals surface area contributed by atoms with Gasteiger partial charge in [0.05, 0.1) is 10.6 Å². The second-order valence-electron chi connectivity index (χ2n) is 7.67. The third kappa shape index (κ3) is 4.16. The summed E-state index contributed by atoms with van der Waals surface area (Å²) in [5.41, 5.74) is 4.62. The van der Waals surface area contributed by atoms with Crippen molar-refractivity contribution < 1.29 is 17.9 Å². The van der Waals surface area contributed by atoms with Gasteiger partial charge < -0.3 is 9.64 Å². The van der Waals surface area contributed by atoms with Gasteiger partial charge in [-0.1, -0.05) is 12.1 Å². The molecule has 0 aromatic heterocycles. The molecule has 0 fully saturated rings. The molecule has 1 aliphatic heterocycles. The molecule has 0 radical (unpaired) electrons. The van der Waals surface area contributed by atoms with Crippen LogP contribution in [0.2, 0.25) is 0 Å². The quantitative estimate of drug-likeness (QED) is 0.815. The van der Waals surface area contributed by atoms with Crippen molar-refractivity contribution in [3.8, 4) is 0 Å². The van der Waals surface area contributed by atoms with E-state index in [0.29, 0.717) is 12.2 Å².